The number of hydrogen-bond acceptors (Lipinski definition) is 3. The second-order valence-corrected chi connectivity index (χ2v) is 8.41. The first-order valence-electron chi connectivity index (χ1n) is 7.83. The predicted molar refractivity (Wildman–Crippen MR) is 89.7 cm³/mol. The Labute approximate surface area is 133 Å². The highest BCUT2D eigenvalue weighted by atomic mass is 32.2. The normalized spacial score (nSPS) is 31.0. The van der Waals surface area contributed by atoms with Crippen LogP contribution in [0.3, 0.4) is 0 Å². The van der Waals surface area contributed by atoms with E-state index in [-0.39, 0.29) is 0 Å². The van der Waals surface area contributed by atoms with Crippen LogP contribution in [0.4, 0.5) is 0 Å². The lowest BCUT2D eigenvalue weighted by atomic mass is 9.48. The topological polar surface area (TPSA) is 12.5 Å². The van der Waals surface area contributed by atoms with Gasteiger partial charge in [0.1, 0.15) is 0 Å². The standard InChI is InChI=1S/C18H27NOS/c1-17(2)11-18(13-20-3)12-19(10-16(17)18)9-14-6-5-7-15(8-14)21-4/h5-8,16H,9-13H2,1-4H3/t16-,18-/m1/s1. The molecule has 1 aliphatic carbocycles. The molecule has 0 bridgehead atoms. The van der Waals surface area contributed by atoms with Crippen LogP contribution in [0, 0.1) is 16.7 Å². The zero-order chi connectivity index (χ0) is 15.1. The van der Waals surface area contributed by atoms with Crippen molar-refractivity contribution >= 4 is 11.8 Å². The van der Waals surface area contributed by atoms with E-state index in [4.69, 9.17) is 4.74 Å². The first kappa shape index (κ1) is 15.4. The van der Waals surface area contributed by atoms with Crippen molar-refractivity contribution in [3.05, 3.63) is 29.8 Å². The van der Waals surface area contributed by atoms with Crippen LogP contribution < -0.4 is 0 Å². The van der Waals surface area contributed by atoms with Crippen molar-refractivity contribution in [3.63, 3.8) is 0 Å². The number of thioether (sulfide) groups is 1. The fourth-order valence-electron chi connectivity index (χ4n) is 4.86. The number of likely N-dealkylation sites (tertiary alicyclic amines) is 1. The molecule has 1 heterocycles. The summed E-state index contributed by atoms with van der Waals surface area (Å²) in [5, 5.41) is 0. The first-order valence-corrected chi connectivity index (χ1v) is 9.06. The minimum Gasteiger partial charge on any atom is -0.384 e. The van der Waals surface area contributed by atoms with Gasteiger partial charge in [-0.25, -0.2) is 0 Å². The molecule has 0 unspecified atom stereocenters. The van der Waals surface area contributed by atoms with Crippen LogP contribution in [0.2, 0.25) is 0 Å². The summed E-state index contributed by atoms with van der Waals surface area (Å²) in [6, 6.07) is 8.96. The molecule has 0 N–H and O–H groups in total. The van der Waals surface area contributed by atoms with Crippen molar-refractivity contribution in [2.75, 3.05) is 33.1 Å². The molecule has 1 saturated heterocycles. The smallest absolute Gasteiger partial charge is 0.0534 e. The van der Waals surface area contributed by atoms with Gasteiger partial charge in [0.15, 0.2) is 0 Å². The van der Waals surface area contributed by atoms with Crippen LogP contribution in [0.1, 0.15) is 25.8 Å². The van der Waals surface area contributed by atoms with Crippen molar-refractivity contribution in [3.8, 4) is 0 Å². The summed E-state index contributed by atoms with van der Waals surface area (Å²) in [4.78, 5) is 4.00. The van der Waals surface area contributed by atoms with Gasteiger partial charge >= 0.3 is 0 Å². The van der Waals surface area contributed by atoms with Gasteiger partial charge in [-0.1, -0.05) is 26.0 Å². The van der Waals surface area contributed by atoms with Gasteiger partial charge in [-0.3, -0.25) is 4.90 Å². The minimum atomic E-state index is 0.412. The van der Waals surface area contributed by atoms with E-state index in [9.17, 15) is 0 Å². The maximum Gasteiger partial charge on any atom is 0.0534 e. The van der Waals surface area contributed by atoms with E-state index in [0.29, 0.717) is 10.8 Å². The SMILES string of the molecule is COC[C@@]12CN(Cc3cccc(SC)c3)C[C@@H]1C(C)(C)C2. The molecule has 2 aliphatic rings. The maximum atomic E-state index is 5.55. The van der Waals surface area contributed by atoms with Crippen LogP contribution in [0.15, 0.2) is 29.2 Å². The summed E-state index contributed by atoms with van der Waals surface area (Å²) in [6.45, 7) is 9.25. The lowest BCUT2D eigenvalue weighted by Gasteiger charge is -2.56. The van der Waals surface area contributed by atoms with E-state index in [1.54, 1.807) is 0 Å². The monoisotopic (exact) mass is 305 g/mol. The summed E-state index contributed by atoms with van der Waals surface area (Å²) in [6.07, 6.45) is 3.45. The maximum absolute atomic E-state index is 5.55. The van der Waals surface area contributed by atoms with Gasteiger partial charge in [-0.2, -0.15) is 0 Å². The molecule has 1 aromatic carbocycles. The third-order valence-corrected chi connectivity index (χ3v) is 6.17. The highest BCUT2D eigenvalue weighted by molar-refractivity contribution is 7.98. The zero-order valence-electron chi connectivity index (χ0n) is 13.7. The molecule has 1 saturated carbocycles. The van der Waals surface area contributed by atoms with E-state index < -0.39 is 0 Å². The van der Waals surface area contributed by atoms with E-state index in [2.05, 4.69) is 49.3 Å². The number of methoxy groups -OCH3 is 1. The fourth-order valence-corrected chi connectivity index (χ4v) is 5.34. The number of benzene rings is 1. The fraction of sp³-hybridized carbons (Fsp3) is 0.667. The third-order valence-electron chi connectivity index (χ3n) is 5.44. The lowest BCUT2D eigenvalue weighted by Crippen LogP contribution is -2.55. The zero-order valence-corrected chi connectivity index (χ0v) is 14.5. The highest BCUT2D eigenvalue weighted by Gasteiger charge is 2.62. The Morgan fingerprint density at radius 2 is 2.19 bits per heavy atom. The summed E-state index contributed by atoms with van der Waals surface area (Å²) in [7, 11) is 1.85. The van der Waals surface area contributed by atoms with Crippen molar-refractivity contribution in [1.82, 2.24) is 4.90 Å². The number of ether oxygens (including phenoxy) is 1. The molecule has 116 valence electrons. The van der Waals surface area contributed by atoms with Gasteiger partial charge in [0, 0.05) is 37.1 Å². The number of nitrogens with zero attached hydrogens (tertiary/aromatic N) is 1. The van der Waals surface area contributed by atoms with Crippen LogP contribution in [-0.4, -0.2) is 38.0 Å². The van der Waals surface area contributed by atoms with E-state index in [0.717, 1.165) is 19.1 Å². The summed E-state index contributed by atoms with van der Waals surface area (Å²) < 4.78 is 5.55. The molecule has 0 aromatic heterocycles. The molecule has 2 nitrogen and oxygen atoms in total. The van der Waals surface area contributed by atoms with Crippen LogP contribution >= 0.6 is 11.8 Å². The second-order valence-electron chi connectivity index (χ2n) is 7.53. The Morgan fingerprint density at radius 3 is 2.86 bits per heavy atom. The molecular weight excluding hydrogens is 278 g/mol. The van der Waals surface area contributed by atoms with Gasteiger partial charge < -0.3 is 4.74 Å². The Balaban J connectivity index is 1.71. The van der Waals surface area contributed by atoms with Crippen molar-refractivity contribution in [2.45, 2.75) is 31.7 Å². The molecule has 0 amide bonds. The second kappa shape index (κ2) is 5.60. The van der Waals surface area contributed by atoms with Crippen molar-refractivity contribution in [1.29, 1.82) is 0 Å². The van der Waals surface area contributed by atoms with Gasteiger partial charge in [0.2, 0.25) is 0 Å². The molecule has 3 rings (SSSR count). The Morgan fingerprint density at radius 1 is 1.38 bits per heavy atom. The number of fused-ring (bicyclic) bond motifs is 1. The van der Waals surface area contributed by atoms with Gasteiger partial charge in [0.25, 0.3) is 0 Å². The Bertz CT molecular complexity index is 516. The molecule has 2 fully saturated rings. The highest BCUT2D eigenvalue weighted by Crippen LogP contribution is 2.62. The Hall–Kier alpha value is -0.510. The molecule has 1 aliphatic heterocycles. The largest absolute Gasteiger partial charge is 0.384 e. The average Bonchev–Trinajstić information content (AvgIpc) is 2.73. The summed E-state index contributed by atoms with van der Waals surface area (Å²) in [5.41, 5.74) is 2.33. The molecule has 0 spiro atoms. The van der Waals surface area contributed by atoms with Crippen LogP contribution in [0.5, 0.6) is 0 Å². The van der Waals surface area contributed by atoms with Crippen LogP contribution in [0.25, 0.3) is 0 Å². The quantitative estimate of drug-likeness (QED) is 0.766. The average molecular weight is 305 g/mol. The summed E-state index contributed by atoms with van der Waals surface area (Å²) in [5.74, 6) is 0.786. The van der Waals surface area contributed by atoms with Crippen LogP contribution in [-0.2, 0) is 11.3 Å². The van der Waals surface area contributed by atoms with E-state index >= 15 is 0 Å². The molecule has 21 heavy (non-hydrogen) atoms. The predicted octanol–water partition coefficient (Wildman–Crippen LogP) is 3.90. The minimum absolute atomic E-state index is 0.412. The first-order chi connectivity index (χ1) is 9.99. The third kappa shape index (κ3) is 2.76. The van der Waals surface area contributed by atoms with Gasteiger partial charge in [0.05, 0.1) is 6.61 Å². The molecule has 1 aromatic rings. The number of rotatable bonds is 5. The van der Waals surface area contributed by atoms with Crippen molar-refractivity contribution in [2.24, 2.45) is 16.7 Å². The molecular formula is C18H27NOS. The van der Waals surface area contributed by atoms with Gasteiger partial charge in [-0.15, -0.1) is 11.8 Å². The summed E-state index contributed by atoms with van der Waals surface area (Å²) >= 11 is 1.82. The lowest BCUT2D eigenvalue weighted by molar-refractivity contribution is -0.107. The van der Waals surface area contributed by atoms with Gasteiger partial charge in [-0.05, 0) is 41.7 Å². The molecule has 0 radical (unpaired) electrons. The van der Waals surface area contributed by atoms with Crippen molar-refractivity contribution < 1.29 is 4.74 Å². The number of hydrogen-bond donors (Lipinski definition) is 0. The molecule has 2 atom stereocenters. The van der Waals surface area contributed by atoms with E-state index in [1.807, 2.05) is 18.9 Å². The Kier molecular flexibility index (Phi) is 4.10. The van der Waals surface area contributed by atoms with E-state index in [1.165, 1.54) is 30.0 Å². The molecule has 3 heteroatoms.